The number of amides is 1. The van der Waals surface area contributed by atoms with Crippen LogP contribution in [0.3, 0.4) is 0 Å². The van der Waals surface area contributed by atoms with Gasteiger partial charge in [-0.2, -0.15) is 0 Å². The minimum absolute atomic E-state index is 0.0464. The first-order valence-corrected chi connectivity index (χ1v) is 3.36. The number of allylic oxidation sites excluding steroid dienone is 1. The van der Waals surface area contributed by atoms with Crippen molar-refractivity contribution in [3.63, 3.8) is 0 Å². The number of rotatable bonds is 1. The van der Waals surface area contributed by atoms with Crippen molar-refractivity contribution >= 4 is 5.91 Å². The van der Waals surface area contributed by atoms with Crippen LogP contribution >= 0.6 is 0 Å². The summed E-state index contributed by atoms with van der Waals surface area (Å²) in [5, 5.41) is 2.51. The molecule has 0 aliphatic rings. The standard InChI is InChI=1S/C8H15NO/c1-8(2,3)6-5-7(10)9-4/h5-6H,1-4H3,(H,9,10)/b6-5+. The van der Waals surface area contributed by atoms with Gasteiger partial charge in [0.25, 0.3) is 0 Å². The lowest BCUT2D eigenvalue weighted by molar-refractivity contribution is -0.116. The van der Waals surface area contributed by atoms with Crippen molar-refractivity contribution in [2.45, 2.75) is 20.8 Å². The molecular weight excluding hydrogens is 126 g/mol. The molecule has 0 aliphatic carbocycles. The lowest BCUT2D eigenvalue weighted by Gasteiger charge is -2.10. The molecule has 1 N–H and O–H groups in total. The molecule has 0 aliphatic heterocycles. The molecule has 0 aromatic rings. The summed E-state index contributed by atoms with van der Waals surface area (Å²) in [6.07, 6.45) is 3.44. The summed E-state index contributed by atoms with van der Waals surface area (Å²) in [6, 6.07) is 0. The molecule has 0 spiro atoms. The molecule has 2 nitrogen and oxygen atoms in total. The van der Waals surface area contributed by atoms with E-state index in [9.17, 15) is 4.79 Å². The van der Waals surface area contributed by atoms with Gasteiger partial charge in [0.2, 0.25) is 5.91 Å². The van der Waals surface area contributed by atoms with E-state index < -0.39 is 0 Å². The van der Waals surface area contributed by atoms with Gasteiger partial charge in [-0.05, 0) is 11.5 Å². The number of carbonyl (C=O) groups excluding carboxylic acids is 1. The summed E-state index contributed by atoms with van der Waals surface area (Å²) in [4.78, 5) is 10.7. The first-order valence-electron chi connectivity index (χ1n) is 3.36. The molecule has 0 heterocycles. The second kappa shape index (κ2) is 3.40. The Balaban J connectivity index is 3.88. The number of hydrogen-bond donors (Lipinski definition) is 1. The fourth-order valence-corrected chi connectivity index (χ4v) is 0.409. The molecule has 0 fully saturated rings. The highest BCUT2D eigenvalue weighted by Gasteiger charge is 2.03. The van der Waals surface area contributed by atoms with Crippen LogP contribution < -0.4 is 5.32 Å². The summed E-state index contributed by atoms with van der Waals surface area (Å²) < 4.78 is 0. The SMILES string of the molecule is CNC(=O)/C=C/C(C)(C)C. The number of likely N-dealkylation sites (N-methyl/N-ethyl adjacent to an activating group) is 1. The van der Waals surface area contributed by atoms with E-state index in [1.165, 1.54) is 0 Å². The average Bonchev–Trinajstić information content (AvgIpc) is 1.81. The van der Waals surface area contributed by atoms with E-state index in [0.29, 0.717) is 0 Å². The second-order valence-electron chi connectivity index (χ2n) is 3.31. The summed E-state index contributed by atoms with van der Waals surface area (Å²) in [7, 11) is 1.62. The zero-order valence-corrected chi connectivity index (χ0v) is 7.06. The zero-order chi connectivity index (χ0) is 8.20. The maximum Gasteiger partial charge on any atom is 0.243 e. The topological polar surface area (TPSA) is 29.1 Å². The van der Waals surface area contributed by atoms with Gasteiger partial charge < -0.3 is 5.32 Å². The molecule has 0 rings (SSSR count). The zero-order valence-electron chi connectivity index (χ0n) is 7.06. The third-order valence-electron chi connectivity index (χ3n) is 0.981. The van der Waals surface area contributed by atoms with E-state index in [1.807, 2.05) is 26.8 Å². The van der Waals surface area contributed by atoms with E-state index in [4.69, 9.17) is 0 Å². The molecule has 0 saturated heterocycles. The van der Waals surface area contributed by atoms with Gasteiger partial charge in [0.1, 0.15) is 0 Å². The van der Waals surface area contributed by atoms with Crippen LogP contribution in [0.4, 0.5) is 0 Å². The highest BCUT2D eigenvalue weighted by Crippen LogP contribution is 2.13. The van der Waals surface area contributed by atoms with Crippen LogP contribution in [0.1, 0.15) is 20.8 Å². The number of hydrogen-bond acceptors (Lipinski definition) is 1. The van der Waals surface area contributed by atoms with Crippen LogP contribution in [0, 0.1) is 5.41 Å². The summed E-state index contributed by atoms with van der Waals surface area (Å²) in [6.45, 7) is 6.14. The van der Waals surface area contributed by atoms with Crippen molar-refractivity contribution in [2.75, 3.05) is 7.05 Å². The Kier molecular flexibility index (Phi) is 3.13. The van der Waals surface area contributed by atoms with Gasteiger partial charge in [0, 0.05) is 7.05 Å². The van der Waals surface area contributed by atoms with Crippen molar-refractivity contribution < 1.29 is 4.79 Å². The van der Waals surface area contributed by atoms with Crippen molar-refractivity contribution in [1.82, 2.24) is 5.32 Å². The molecule has 0 bridgehead atoms. The Morgan fingerprint density at radius 1 is 1.40 bits per heavy atom. The van der Waals surface area contributed by atoms with Crippen LogP contribution in [0.2, 0.25) is 0 Å². The minimum atomic E-state index is -0.0464. The summed E-state index contributed by atoms with van der Waals surface area (Å²) >= 11 is 0. The van der Waals surface area contributed by atoms with Gasteiger partial charge in [-0.15, -0.1) is 0 Å². The molecule has 0 aromatic heterocycles. The molecule has 2 heteroatoms. The average molecular weight is 141 g/mol. The van der Waals surface area contributed by atoms with E-state index >= 15 is 0 Å². The Hall–Kier alpha value is -0.790. The van der Waals surface area contributed by atoms with Gasteiger partial charge in [-0.1, -0.05) is 26.8 Å². The van der Waals surface area contributed by atoms with E-state index in [1.54, 1.807) is 13.1 Å². The highest BCUT2D eigenvalue weighted by molar-refractivity contribution is 5.87. The Morgan fingerprint density at radius 2 is 1.90 bits per heavy atom. The number of nitrogens with one attached hydrogen (secondary N) is 1. The second-order valence-corrected chi connectivity index (χ2v) is 3.31. The van der Waals surface area contributed by atoms with Crippen LogP contribution in [0.5, 0.6) is 0 Å². The smallest absolute Gasteiger partial charge is 0.243 e. The Labute approximate surface area is 62.3 Å². The van der Waals surface area contributed by atoms with Gasteiger partial charge in [0.05, 0.1) is 0 Å². The largest absolute Gasteiger partial charge is 0.356 e. The normalized spacial score (nSPS) is 12.0. The first kappa shape index (κ1) is 9.21. The van der Waals surface area contributed by atoms with Crippen molar-refractivity contribution in [1.29, 1.82) is 0 Å². The molecule has 0 radical (unpaired) electrons. The predicted molar refractivity (Wildman–Crippen MR) is 42.7 cm³/mol. The summed E-state index contributed by atoms with van der Waals surface area (Å²) in [5.41, 5.74) is 0.0898. The summed E-state index contributed by atoms with van der Waals surface area (Å²) in [5.74, 6) is -0.0464. The molecule has 0 saturated carbocycles. The molecule has 0 aromatic carbocycles. The maximum absolute atomic E-state index is 10.7. The monoisotopic (exact) mass is 141 g/mol. The molecule has 0 unspecified atom stereocenters. The molecule has 10 heavy (non-hydrogen) atoms. The van der Waals surface area contributed by atoms with Gasteiger partial charge in [-0.25, -0.2) is 0 Å². The van der Waals surface area contributed by atoms with Crippen LogP contribution in [-0.2, 0) is 4.79 Å². The molecule has 0 atom stereocenters. The van der Waals surface area contributed by atoms with Crippen LogP contribution in [0.15, 0.2) is 12.2 Å². The Morgan fingerprint density at radius 3 is 2.20 bits per heavy atom. The van der Waals surface area contributed by atoms with E-state index in [2.05, 4.69) is 5.32 Å². The molecule has 58 valence electrons. The van der Waals surface area contributed by atoms with Gasteiger partial charge in [-0.3, -0.25) is 4.79 Å². The van der Waals surface area contributed by atoms with Crippen LogP contribution in [-0.4, -0.2) is 13.0 Å². The van der Waals surface area contributed by atoms with Gasteiger partial charge in [0.15, 0.2) is 0 Å². The highest BCUT2D eigenvalue weighted by atomic mass is 16.1. The predicted octanol–water partition coefficient (Wildman–Crippen LogP) is 1.33. The quantitative estimate of drug-likeness (QED) is 0.548. The fourth-order valence-electron chi connectivity index (χ4n) is 0.409. The number of carbonyl (C=O) groups is 1. The van der Waals surface area contributed by atoms with Gasteiger partial charge >= 0.3 is 0 Å². The first-order chi connectivity index (χ1) is 4.45. The fraction of sp³-hybridized carbons (Fsp3) is 0.625. The van der Waals surface area contributed by atoms with E-state index in [-0.39, 0.29) is 11.3 Å². The van der Waals surface area contributed by atoms with Crippen molar-refractivity contribution in [3.8, 4) is 0 Å². The molecular formula is C8H15NO. The van der Waals surface area contributed by atoms with E-state index in [0.717, 1.165) is 0 Å². The lowest BCUT2D eigenvalue weighted by Crippen LogP contribution is -2.15. The van der Waals surface area contributed by atoms with Crippen molar-refractivity contribution in [3.05, 3.63) is 12.2 Å². The molecule has 1 amide bonds. The third-order valence-corrected chi connectivity index (χ3v) is 0.981. The minimum Gasteiger partial charge on any atom is -0.356 e. The maximum atomic E-state index is 10.7. The Bertz CT molecular complexity index is 142. The lowest BCUT2D eigenvalue weighted by atomic mass is 9.96. The van der Waals surface area contributed by atoms with Crippen molar-refractivity contribution in [2.24, 2.45) is 5.41 Å². The third kappa shape index (κ3) is 5.35. The van der Waals surface area contributed by atoms with Crippen LogP contribution in [0.25, 0.3) is 0 Å².